The van der Waals surface area contributed by atoms with E-state index < -0.39 is 23.7 Å². The topological polar surface area (TPSA) is 72.9 Å². The first-order chi connectivity index (χ1) is 12.6. The molecule has 1 aliphatic rings. The fourth-order valence-electron chi connectivity index (χ4n) is 3.27. The lowest BCUT2D eigenvalue weighted by atomic mass is 10.1. The highest BCUT2D eigenvalue weighted by atomic mass is 19.4. The van der Waals surface area contributed by atoms with Crippen molar-refractivity contribution in [3.05, 3.63) is 29.3 Å². The quantitative estimate of drug-likeness (QED) is 0.830. The fourth-order valence-corrected chi connectivity index (χ4v) is 3.27. The largest absolute Gasteiger partial charge is 0.480 e. The van der Waals surface area contributed by atoms with Gasteiger partial charge in [-0.05, 0) is 50.9 Å². The second kappa shape index (κ2) is 8.60. The van der Waals surface area contributed by atoms with Gasteiger partial charge in [-0.15, -0.1) is 0 Å². The van der Waals surface area contributed by atoms with Gasteiger partial charge >= 0.3 is 18.2 Å². The summed E-state index contributed by atoms with van der Waals surface area (Å²) in [7, 11) is 1.74. The molecule has 6 nitrogen and oxygen atoms in total. The molecule has 150 valence electrons. The molecule has 0 aliphatic carbocycles. The molecule has 27 heavy (non-hydrogen) atoms. The van der Waals surface area contributed by atoms with E-state index in [4.69, 9.17) is 5.11 Å². The highest BCUT2D eigenvalue weighted by Gasteiger charge is 2.32. The van der Waals surface area contributed by atoms with E-state index in [-0.39, 0.29) is 23.8 Å². The molecular formula is C18H24F3N3O3. The Hall–Kier alpha value is -2.29. The minimum Gasteiger partial charge on any atom is -0.480 e. The normalized spacial score (nSPS) is 18.3. The van der Waals surface area contributed by atoms with Gasteiger partial charge in [-0.2, -0.15) is 13.2 Å². The molecule has 1 atom stereocenters. The van der Waals surface area contributed by atoms with Gasteiger partial charge in [0, 0.05) is 24.8 Å². The number of benzene rings is 1. The Bertz CT molecular complexity index is 694. The van der Waals surface area contributed by atoms with Gasteiger partial charge in [0.2, 0.25) is 0 Å². The zero-order valence-corrected chi connectivity index (χ0v) is 15.3. The second-order valence-corrected chi connectivity index (χ2v) is 6.84. The van der Waals surface area contributed by atoms with Crippen molar-refractivity contribution in [3.8, 4) is 0 Å². The van der Waals surface area contributed by atoms with Crippen molar-refractivity contribution < 1.29 is 27.9 Å². The molecule has 0 bridgehead atoms. The Morgan fingerprint density at radius 2 is 2.00 bits per heavy atom. The average molecular weight is 387 g/mol. The van der Waals surface area contributed by atoms with E-state index in [0.29, 0.717) is 25.9 Å². The summed E-state index contributed by atoms with van der Waals surface area (Å²) in [5.74, 6) is -0.906. The smallest absolute Gasteiger partial charge is 0.416 e. The first-order valence-electron chi connectivity index (χ1n) is 8.73. The number of hydrogen-bond acceptors (Lipinski definition) is 3. The lowest BCUT2D eigenvalue weighted by Gasteiger charge is -2.25. The highest BCUT2D eigenvalue weighted by Crippen LogP contribution is 2.33. The molecular weight excluding hydrogens is 363 g/mol. The minimum atomic E-state index is -4.48. The van der Waals surface area contributed by atoms with Crippen LogP contribution in [-0.4, -0.2) is 59.6 Å². The number of carbonyl (C=O) groups is 2. The van der Waals surface area contributed by atoms with Crippen LogP contribution in [0.3, 0.4) is 0 Å². The van der Waals surface area contributed by atoms with Gasteiger partial charge in [0.25, 0.3) is 0 Å². The number of nitrogens with one attached hydrogen (secondary N) is 1. The van der Waals surface area contributed by atoms with Gasteiger partial charge in [0.05, 0.1) is 12.1 Å². The summed E-state index contributed by atoms with van der Waals surface area (Å²) in [6, 6.07) is 3.32. The van der Waals surface area contributed by atoms with E-state index in [9.17, 15) is 22.8 Å². The number of rotatable bonds is 4. The number of aryl methyl sites for hydroxylation is 1. The van der Waals surface area contributed by atoms with Crippen molar-refractivity contribution in [2.24, 2.45) is 0 Å². The van der Waals surface area contributed by atoms with Gasteiger partial charge in [0.1, 0.15) is 0 Å². The molecule has 0 aromatic heterocycles. The number of alkyl halides is 3. The zero-order valence-electron chi connectivity index (χ0n) is 15.3. The summed E-state index contributed by atoms with van der Waals surface area (Å²) in [5.41, 5.74) is -0.576. The molecule has 1 fully saturated rings. The number of urea groups is 1. The summed E-state index contributed by atoms with van der Waals surface area (Å²) in [5, 5.41) is 11.4. The average Bonchev–Trinajstić information content (AvgIpc) is 2.81. The summed E-state index contributed by atoms with van der Waals surface area (Å²) in [6.07, 6.45) is -2.41. The van der Waals surface area contributed by atoms with Crippen LogP contribution in [0.25, 0.3) is 0 Å². The number of carboxylic acids is 1. The molecule has 2 rings (SSSR count). The lowest BCUT2D eigenvalue weighted by molar-refractivity contribution is -0.139. The molecule has 0 saturated carbocycles. The van der Waals surface area contributed by atoms with Crippen molar-refractivity contribution in [1.82, 2.24) is 9.80 Å². The third-order valence-corrected chi connectivity index (χ3v) is 4.79. The monoisotopic (exact) mass is 387 g/mol. The van der Waals surface area contributed by atoms with Crippen LogP contribution >= 0.6 is 0 Å². The van der Waals surface area contributed by atoms with Crippen LogP contribution in [0.5, 0.6) is 0 Å². The zero-order chi connectivity index (χ0) is 20.2. The van der Waals surface area contributed by atoms with E-state index in [2.05, 4.69) is 5.32 Å². The number of anilines is 1. The van der Waals surface area contributed by atoms with Gasteiger partial charge in [-0.25, -0.2) is 4.79 Å². The van der Waals surface area contributed by atoms with Gasteiger partial charge < -0.3 is 15.3 Å². The Kier molecular flexibility index (Phi) is 6.69. The van der Waals surface area contributed by atoms with Crippen molar-refractivity contribution in [1.29, 1.82) is 0 Å². The fraction of sp³-hybridized carbons (Fsp3) is 0.556. The first kappa shape index (κ1) is 21.0. The SMILES string of the molecule is Cc1ccc(NC(=O)N2CCCC(N(C)CC(=O)O)CC2)cc1C(F)(F)F. The van der Waals surface area contributed by atoms with Crippen LogP contribution in [0.4, 0.5) is 23.7 Å². The van der Waals surface area contributed by atoms with E-state index in [1.807, 2.05) is 0 Å². The van der Waals surface area contributed by atoms with E-state index >= 15 is 0 Å². The van der Waals surface area contributed by atoms with E-state index in [1.165, 1.54) is 19.1 Å². The molecule has 1 saturated heterocycles. The number of likely N-dealkylation sites (N-methyl/N-ethyl adjacent to an activating group) is 1. The third-order valence-electron chi connectivity index (χ3n) is 4.79. The number of likely N-dealkylation sites (tertiary alicyclic amines) is 1. The Balaban J connectivity index is 2.00. The molecule has 1 aromatic rings. The van der Waals surface area contributed by atoms with Crippen molar-refractivity contribution in [3.63, 3.8) is 0 Å². The van der Waals surface area contributed by atoms with Crippen LogP contribution < -0.4 is 5.32 Å². The van der Waals surface area contributed by atoms with Crippen LogP contribution in [0.15, 0.2) is 18.2 Å². The van der Waals surface area contributed by atoms with Crippen molar-refractivity contribution in [2.75, 3.05) is 32.0 Å². The second-order valence-electron chi connectivity index (χ2n) is 6.84. The lowest BCUT2D eigenvalue weighted by Crippen LogP contribution is -2.38. The molecule has 0 radical (unpaired) electrons. The number of carboxylic acid groups (broad SMARTS) is 1. The van der Waals surface area contributed by atoms with Crippen molar-refractivity contribution >= 4 is 17.7 Å². The van der Waals surface area contributed by atoms with E-state index in [0.717, 1.165) is 12.5 Å². The number of carbonyl (C=O) groups excluding carboxylic acids is 1. The van der Waals surface area contributed by atoms with Crippen LogP contribution in [0.2, 0.25) is 0 Å². The molecule has 2 amide bonds. The molecule has 0 spiro atoms. The number of amides is 2. The predicted molar refractivity (Wildman–Crippen MR) is 94.7 cm³/mol. The molecule has 1 unspecified atom stereocenters. The van der Waals surface area contributed by atoms with Crippen LogP contribution in [-0.2, 0) is 11.0 Å². The minimum absolute atomic E-state index is 0.0510. The standard InChI is InChI=1S/C18H24F3N3O3/c1-12-5-6-13(10-15(12)18(19,20)21)22-17(27)24-8-3-4-14(7-9-24)23(2)11-16(25)26/h5-6,10,14H,3-4,7-9,11H2,1-2H3,(H,22,27)(H,25,26). The van der Waals surface area contributed by atoms with Crippen LogP contribution in [0, 0.1) is 6.92 Å². The molecule has 1 heterocycles. The first-order valence-corrected chi connectivity index (χ1v) is 8.73. The number of nitrogens with zero attached hydrogens (tertiary/aromatic N) is 2. The number of hydrogen-bond donors (Lipinski definition) is 2. The Labute approximate surface area is 155 Å². The molecule has 1 aliphatic heterocycles. The van der Waals surface area contributed by atoms with Gasteiger partial charge in [-0.3, -0.25) is 9.69 Å². The molecule has 1 aromatic carbocycles. The number of aliphatic carboxylic acids is 1. The van der Waals surface area contributed by atoms with Crippen molar-refractivity contribution in [2.45, 2.75) is 38.4 Å². The maximum atomic E-state index is 13.0. The maximum Gasteiger partial charge on any atom is 0.416 e. The number of halogens is 3. The van der Waals surface area contributed by atoms with E-state index in [1.54, 1.807) is 16.8 Å². The van der Waals surface area contributed by atoms with Gasteiger partial charge in [-0.1, -0.05) is 6.07 Å². The van der Waals surface area contributed by atoms with Gasteiger partial charge in [0.15, 0.2) is 0 Å². The molecule has 2 N–H and O–H groups in total. The highest BCUT2D eigenvalue weighted by molar-refractivity contribution is 5.89. The predicted octanol–water partition coefficient (Wildman–Crippen LogP) is 3.42. The summed E-state index contributed by atoms with van der Waals surface area (Å²) in [6.45, 7) is 2.19. The third kappa shape index (κ3) is 5.85. The molecule has 9 heteroatoms. The summed E-state index contributed by atoms with van der Waals surface area (Å²) in [4.78, 5) is 26.6. The summed E-state index contributed by atoms with van der Waals surface area (Å²) >= 11 is 0. The Morgan fingerprint density at radius 3 is 2.63 bits per heavy atom. The van der Waals surface area contributed by atoms with Crippen LogP contribution in [0.1, 0.15) is 30.4 Å². The summed E-state index contributed by atoms with van der Waals surface area (Å²) < 4.78 is 39.0. The maximum absolute atomic E-state index is 13.0. The Morgan fingerprint density at radius 1 is 1.30 bits per heavy atom.